The van der Waals surface area contributed by atoms with Gasteiger partial charge in [0.05, 0.1) is 13.7 Å². The van der Waals surface area contributed by atoms with E-state index in [1.54, 1.807) is 11.0 Å². The van der Waals surface area contributed by atoms with E-state index in [0.29, 0.717) is 6.42 Å². The molecule has 2 aliphatic rings. The van der Waals surface area contributed by atoms with Gasteiger partial charge in [-0.1, -0.05) is 33.8 Å². The fourth-order valence-corrected chi connectivity index (χ4v) is 3.59. The van der Waals surface area contributed by atoms with Gasteiger partial charge in [0.2, 0.25) is 5.91 Å². The van der Waals surface area contributed by atoms with Crippen molar-refractivity contribution in [2.45, 2.75) is 45.9 Å². The number of hydrogen-bond donors (Lipinski definition) is 0. The first-order valence-electron chi connectivity index (χ1n) is 7.36. The molecule has 21 heavy (non-hydrogen) atoms. The van der Waals surface area contributed by atoms with Gasteiger partial charge in [-0.3, -0.25) is 9.69 Å². The Morgan fingerprint density at radius 3 is 2.67 bits per heavy atom. The van der Waals surface area contributed by atoms with E-state index in [2.05, 4.69) is 6.58 Å². The summed E-state index contributed by atoms with van der Waals surface area (Å²) < 4.78 is 10.9. The molecular weight excluding hydrogens is 270 g/mol. The van der Waals surface area contributed by atoms with E-state index in [1.807, 2.05) is 27.7 Å². The summed E-state index contributed by atoms with van der Waals surface area (Å²) in [6.45, 7) is 11.9. The first-order chi connectivity index (χ1) is 9.71. The second-order valence-electron chi connectivity index (χ2n) is 7.07. The molecule has 2 saturated heterocycles. The fourth-order valence-electron chi connectivity index (χ4n) is 3.59. The highest BCUT2D eigenvalue weighted by Crippen LogP contribution is 2.50. The van der Waals surface area contributed by atoms with Crippen molar-refractivity contribution in [2.75, 3.05) is 13.7 Å². The molecule has 0 spiro atoms. The molecule has 2 aliphatic heterocycles. The predicted molar refractivity (Wildman–Crippen MR) is 78.3 cm³/mol. The Bertz CT molecular complexity index is 467. The Balaban J connectivity index is 2.51. The number of carbonyl (C=O) groups is 2. The summed E-state index contributed by atoms with van der Waals surface area (Å²) >= 11 is 0. The largest absolute Gasteiger partial charge is 0.467 e. The number of ether oxygens (including phenoxy) is 2. The van der Waals surface area contributed by atoms with Crippen LogP contribution in [0, 0.1) is 17.3 Å². The highest BCUT2D eigenvalue weighted by Gasteiger charge is 2.68. The first kappa shape index (κ1) is 16.0. The lowest BCUT2D eigenvalue weighted by Crippen LogP contribution is -2.57. The minimum Gasteiger partial charge on any atom is -0.467 e. The minimum absolute atomic E-state index is 0.0368. The number of hydrogen-bond acceptors (Lipinski definition) is 4. The molecule has 0 aromatic heterocycles. The van der Waals surface area contributed by atoms with Crippen molar-refractivity contribution in [3.05, 3.63) is 12.7 Å². The highest BCUT2D eigenvalue weighted by molar-refractivity contribution is 5.94. The average Bonchev–Trinajstić information content (AvgIpc) is 2.90. The van der Waals surface area contributed by atoms with Crippen molar-refractivity contribution in [1.29, 1.82) is 0 Å². The Morgan fingerprint density at radius 2 is 2.19 bits per heavy atom. The standard InChI is InChI=1S/C16H25NO4/c1-7-8-11-10(2)16(14(19)20-6)9-21-13(15(3,4)5)17(16)12(11)18/h7,10-11,13H,1,8-9H2,2-6H3/t10?,11?,13-,16-/m1/s1. The van der Waals surface area contributed by atoms with Gasteiger partial charge in [0, 0.05) is 17.3 Å². The van der Waals surface area contributed by atoms with Gasteiger partial charge in [-0.25, -0.2) is 4.79 Å². The maximum absolute atomic E-state index is 12.9. The number of carbonyl (C=O) groups excluding carboxylic acids is 2. The molecule has 0 aromatic rings. The number of rotatable bonds is 3. The summed E-state index contributed by atoms with van der Waals surface area (Å²) in [5.41, 5.74) is -1.27. The Morgan fingerprint density at radius 1 is 1.57 bits per heavy atom. The van der Waals surface area contributed by atoms with E-state index in [1.165, 1.54) is 7.11 Å². The zero-order valence-corrected chi connectivity index (χ0v) is 13.5. The van der Waals surface area contributed by atoms with Gasteiger partial charge in [-0.15, -0.1) is 6.58 Å². The summed E-state index contributed by atoms with van der Waals surface area (Å²) in [7, 11) is 1.36. The van der Waals surface area contributed by atoms with Crippen LogP contribution < -0.4 is 0 Å². The molecule has 5 heteroatoms. The molecule has 0 N–H and O–H groups in total. The molecule has 2 fully saturated rings. The lowest BCUT2D eigenvalue weighted by atomic mass is 9.80. The van der Waals surface area contributed by atoms with Gasteiger partial charge in [-0.05, 0) is 6.42 Å². The van der Waals surface area contributed by atoms with E-state index in [4.69, 9.17) is 9.47 Å². The van der Waals surface area contributed by atoms with Crippen molar-refractivity contribution in [3.63, 3.8) is 0 Å². The lowest BCUT2D eigenvalue weighted by molar-refractivity contribution is -0.159. The van der Waals surface area contributed by atoms with Crippen molar-refractivity contribution in [1.82, 2.24) is 4.90 Å². The van der Waals surface area contributed by atoms with Gasteiger partial charge in [0.1, 0.15) is 6.23 Å². The second kappa shape index (κ2) is 5.13. The molecule has 0 bridgehead atoms. The molecule has 118 valence electrons. The molecule has 0 saturated carbocycles. The van der Waals surface area contributed by atoms with Crippen molar-refractivity contribution >= 4 is 11.9 Å². The maximum atomic E-state index is 12.9. The number of fused-ring (bicyclic) bond motifs is 1. The molecule has 0 radical (unpaired) electrons. The molecule has 4 atom stereocenters. The Labute approximate surface area is 126 Å². The van der Waals surface area contributed by atoms with Crippen LogP contribution in [0.5, 0.6) is 0 Å². The second-order valence-corrected chi connectivity index (χ2v) is 7.07. The molecule has 0 aromatic carbocycles. The topological polar surface area (TPSA) is 55.8 Å². The molecule has 2 rings (SSSR count). The molecule has 2 unspecified atom stereocenters. The van der Waals surface area contributed by atoms with Gasteiger partial charge >= 0.3 is 5.97 Å². The van der Waals surface area contributed by atoms with Crippen LogP contribution in [-0.4, -0.2) is 42.3 Å². The zero-order chi connectivity index (χ0) is 16.0. The summed E-state index contributed by atoms with van der Waals surface area (Å²) in [4.78, 5) is 27.0. The van der Waals surface area contributed by atoms with Crippen molar-refractivity contribution in [3.8, 4) is 0 Å². The van der Waals surface area contributed by atoms with Gasteiger partial charge in [0.15, 0.2) is 5.54 Å². The number of allylic oxidation sites excluding steroid dienone is 1. The van der Waals surface area contributed by atoms with Crippen molar-refractivity contribution in [2.24, 2.45) is 17.3 Å². The van der Waals surface area contributed by atoms with E-state index in [9.17, 15) is 9.59 Å². The fraction of sp³-hybridized carbons (Fsp3) is 0.750. The van der Waals surface area contributed by atoms with Gasteiger partial charge in [0.25, 0.3) is 0 Å². The quantitative estimate of drug-likeness (QED) is 0.590. The smallest absolute Gasteiger partial charge is 0.334 e. The normalized spacial score (nSPS) is 35.8. The van der Waals surface area contributed by atoms with Gasteiger partial charge < -0.3 is 9.47 Å². The van der Waals surface area contributed by atoms with Crippen LogP contribution in [0.1, 0.15) is 34.1 Å². The van der Waals surface area contributed by atoms with E-state index in [0.717, 1.165) is 0 Å². The molecule has 0 aliphatic carbocycles. The lowest BCUT2D eigenvalue weighted by Gasteiger charge is -2.37. The predicted octanol–water partition coefficient (Wildman–Crippen LogP) is 1.97. The summed E-state index contributed by atoms with van der Waals surface area (Å²) in [6.07, 6.45) is 1.88. The van der Waals surface area contributed by atoms with Crippen LogP contribution in [-0.2, 0) is 19.1 Å². The Hall–Kier alpha value is -1.36. The molecule has 1 amide bonds. The number of esters is 1. The Kier molecular flexibility index (Phi) is 3.91. The van der Waals surface area contributed by atoms with Crippen LogP contribution in [0.4, 0.5) is 0 Å². The van der Waals surface area contributed by atoms with Crippen LogP contribution in [0.2, 0.25) is 0 Å². The SMILES string of the molecule is C=CCC1C(=O)N2[C@@H](C(C)(C)C)OC[C@]2(C(=O)OC)C1C. The molecular formula is C16H25NO4. The van der Waals surface area contributed by atoms with Crippen LogP contribution in [0.15, 0.2) is 12.7 Å². The van der Waals surface area contributed by atoms with E-state index < -0.39 is 11.8 Å². The highest BCUT2D eigenvalue weighted by atomic mass is 16.6. The third-order valence-electron chi connectivity index (χ3n) is 4.74. The van der Waals surface area contributed by atoms with Crippen molar-refractivity contribution < 1.29 is 19.1 Å². The maximum Gasteiger partial charge on any atom is 0.334 e. The monoisotopic (exact) mass is 295 g/mol. The summed E-state index contributed by atoms with van der Waals surface area (Å²) in [5.74, 6) is -0.829. The third kappa shape index (κ3) is 2.09. The van der Waals surface area contributed by atoms with Crippen LogP contribution >= 0.6 is 0 Å². The summed E-state index contributed by atoms with van der Waals surface area (Å²) in [5, 5.41) is 0. The zero-order valence-electron chi connectivity index (χ0n) is 13.5. The van der Waals surface area contributed by atoms with Crippen LogP contribution in [0.25, 0.3) is 0 Å². The van der Waals surface area contributed by atoms with E-state index in [-0.39, 0.29) is 35.7 Å². The number of amides is 1. The molecule has 5 nitrogen and oxygen atoms in total. The number of methoxy groups -OCH3 is 1. The van der Waals surface area contributed by atoms with Crippen LogP contribution in [0.3, 0.4) is 0 Å². The minimum atomic E-state index is -1.00. The summed E-state index contributed by atoms with van der Waals surface area (Å²) in [6, 6.07) is 0. The van der Waals surface area contributed by atoms with E-state index >= 15 is 0 Å². The van der Waals surface area contributed by atoms with Gasteiger partial charge in [-0.2, -0.15) is 0 Å². The molecule has 2 heterocycles. The average molecular weight is 295 g/mol. The third-order valence-corrected chi connectivity index (χ3v) is 4.74. The first-order valence-corrected chi connectivity index (χ1v) is 7.36. The number of nitrogens with zero attached hydrogens (tertiary/aromatic N) is 1.